The van der Waals surface area contributed by atoms with E-state index in [1.165, 1.54) is 16.7 Å². The van der Waals surface area contributed by atoms with Crippen LogP contribution in [-0.4, -0.2) is 21.4 Å². The molecule has 0 aliphatic carbocycles. The van der Waals surface area contributed by atoms with E-state index < -0.39 is 15.1 Å². The predicted molar refractivity (Wildman–Crippen MR) is 231 cm³/mol. The van der Waals surface area contributed by atoms with Gasteiger partial charge in [-0.15, -0.1) is 7.17 Å². The molecular weight excluding hydrogens is 626 g/mol. The summed E-state index contributed by atoms with van der Waals surface area (Å²) in [7, 11) is -1.14. The van der Waals surface area contributed by atoms with Gasteiger partial charge in [-0.2, -0.15) is 0 Å². The maximum atomic E-state index is 2.61. The zero-order chi connectivity index (χ0) is 38.2. The minimum atomic E-state index is -0.584. The highest BCUT2D eigenvalue weighted by molar-refractivity contribution is 8.15. The molecule has 0 saturated carbocycles. The van der Waals surface area contributed by atoms with E-state index in [1.54, 1.807) is 43.4 Å². The van der Waals surface area contributed by atoms with Crippen molar-refractivity contribution in [3.8, 4) is 0 Å². The zero-order valence-corrected chi connectivity index (χ0v) is 38.3. The van der Waals surface area contributed by atoms with Crippen LogP contribution >= 0.6 is 15.1 Å². The molecule has 0 bridgehead atoms. The lowest BCUT2D eigenvalue weighted by atomic mass is 9.72. The Labute approximate surface area is 307 Å². The molecule has 0 nitrogen and oxygen atoms in total. The van der Waals surface area contributed by atoms with Gasteiger partial charge in [-0.3, -0.25) is 0 Å². The molecule has 0 aromatic heterocycles. The molecule has 49 heavy (non-hydrogen) atoms. The summed E-state index contributed by atoms with van der Waals surface area (Å²) >= 11 is 0. The summed E-state index contributed by atoms with van der Waals surface area (Å²) < 4.78 is 0. The van der Waals surface area contributed by atoms with E-state index in [2.05, 4.69) is 190 Å². The van der Waals surface area contributed by atoms with Gasteiger partial charge >= 0.3 is 0 Å². The van der Waals surface area contributed by atoms with Crippen molar-refractivity contribution < 1.29 is 0 Å². The van der Waals surface area contributed by atoms with E-state index >= 15 is 0 Å². The van der Waals surface area contributed by atoms with Gasteiger partial charge in [0, 0.05) is 16.2 Å². The summed E-state index contributed by atoms with van der Waals surface area (Å²) in [5.74, 6) is 0. The number of benzene rings is 2. The summed E-state index contributed by atoms with van der Waals surface area (Å²) in [6.07, 6.45) is 3.69. The van der Waals surface area contributed by atoms with Crippen molar-refractivity contribution in [3.05, 3.63) is 80.4 Å². The maximum absolute atomic E-state index is 2.61. The quantitative estimate of drug-likeness (QED) is 0.220. The minimum Gasteiger partial charge on any atom is -0.103 e. The van der Waals surface area contributed by atoms with Crippen LogP contribution in [-0.2, 0) is 32.5 Å². The van der Waals surface area contributed by atoms with Gasteiger partial charge in [-0.25, -0.2) is 0 Å². The summed E-state index contributed by atoms with van der Waals surface area (Å²) in [6, 6.07) is 10.4. The molecule has 1 aliphatic heterocycles. The van der Waals surface area contributed by atoms with E-state index in [0.717, 1.165) is 6.16 Å². The normalized spacial score (nSPS) is 17.8. The summed E-state index contributed by atoms with van der Waals surface area (Å²) in [6.45, 7) is 55.9. The smallest absolute Gasteiger partial charge is 0.00930 e. The third kappa shape index (κ3) is 9.00. The average Bonchev–Trinajstić information content (AvgIpc) is 2.83. The molecular formula is C47H76P2. The van der Waals surface area contributed by atoms with Crippen LogP contribution in [0.15, 0.2) is 35.9 Å². The van der Waals surface area contributed by atoms with Crippen LogP contribution in [0.5, 0.6) is 0 Å². The van der Waals surface area contributed by atoms with Gasteiger partial charge in [0.05, 0.1) is 0 Å². The first kappa shape index (κ1) is 42.1. The lowest BCUT2D eigenvalue weighted by molar-refractivity contribution is 0.546. The lowest BCUT2D eigenvalue weighted by Gasteiger charge is -2.48. The second-order valence-electron chi connectivity index (χ2n) is 22.4. The van der Waals surface area contributed by atoms with Crippen LogP contribution < -0.4 is 0 Å². The molecule has 274 valence electrons. The number of hydrogen-bond acceptors (Lipinski definition) is 0. The number of allylic oxidation sites excluding steroid dienone is 2. The summed E-state index contributed by atoms with van der Waals surface area (Å²) in [5, 5.41) is 3.74. The molecule has 1 aliphatic rings. The second kappa shape index (κ2) is 13.3. The van der Waals surface area contributed by atoms with Crippen LogP contribution in [0.4, 0.5) is 0 Å². The van der Waals surface area contributed by atoms with Crippen molar-refractivity contribution >= 4 is 25.2 Å². The molecule has 0 amide bonds. The van der Waals surface area contributed by atoms with E-state index in [-0.39, 0.29) is 37.6 Å². The fraction of sp³-hybridized carbons (Fsp3) is 0.660. The van der Waals surface area contributed by atoms with Crippen molar-refractivity contribution in [3.63, 3.8) is 0 Å². The van der Waals surface area contributed by atoms with E-state index in [4.69, 9.17) is 0 Å². The molecule has 0 radical (unpaired) electrons. The first-order chi connectivity index (χ1) is 21.6. The van der Waals surface area contributed by atoms with Gasteiger partial charge in [-0.05, 0) is 104 Å². The highest BCUT2D eigenvalue weighted by atomic mass is 31.2. The molecule has 0 unspecified atom stereocenters. The van der Waals surface area contributed by atoms with Crippen LogP contribution in [0, 0.1) is 0 Å². The zero-order valence-electron chi connectivity index (χ0n) is 36.5. The fourth-order valence-electron chi connectivity index (χ4n) is 6.97. The maximum Gasteiger partial charge on any atom is 0.00930 e. The highest BCUT2D eigenvalue weighted by Crippen LogP contribution is 2.69. The van der Waals surface area contributed by atoms with E-state index in [9.17, 15) is 0 Å². The van der Waals surface area contributed by atoms with E-state index in [1.807, 2.05) is 0 Å². The Morgan fingerprint density at radius 1 is 0.449 bits per heavy atom. The molecule has 0 saturated heterocycles. The monoisotopic (exact) mass is 703 g/mol. The molecule has 2 heteroatoms. The van der Waals surface area contributed by atoms with Crippen molar-refractivity contribution in [2.75, 3.05) is 6.16 Å². The van der Waals surface area contributed by atoms with Crippen molar-refractivity contribution in [2.24, 2.45) is 0 Å². The molecule has 0 N–H and O–H groups in total. The fourth-order valence-corrected chi connectivity index (χ4v) is 16.2. The average molecular weight is 703 g/mol. The van der Waals surface area contributed by atoms with Gasteiger partial charge in [0.25, 0.3) is 0 Å². The van der Waals surface area contributed by atoms with Crippen LogP contribution in [0.2, 0.25) is 0 Å². The molecule has 1 heterocycles. The van der Waals surface area contributed by atoms with Crippen LogP contribution in [0.3, 0.4) is 0 Å². The minimum absolute atomic E-state index is 0.0250. The molecule has 0 atom stereocenters. The number of rotatable bonds is 4. The van der Waals surface area contributed by atoms with Crippen molar-refractivity contribution in [1.82, 2.24) is 0 Å². The first-order valence-electron chi connectivity index (χ1n) is 18.9. The second-order valence-corrected chi connectivity index (χ2v) is 28.2. The Kier molecular flexibility index (Phi) is 11.4. The lowest BCUT2D eigenvalue weighted by Crippen LogP contribution is -2.35. The Hall–Kier alpha value is -1.35. The standard InChI is InChI=1S/C47H76P2/c1-30(2)24-25-48-39(37-33(43(9,10)11)26-31(41(3,4)5)27-34(37)44(12,13)14)49(47(21,22)23)40(48)38-35(45(15,16)17)28-32(42(6,7)8)29-36(38)46(18,19)20/h24,26-29H,25H2,1-23H3. The van der Waals surface area contributed by atoms with Crippen LogP contribution in [0.25, 0.3) is 0 Å². The Morgan fingerprint density at radius 2 is 0.714 bits per heavy atom. The van der Waals surface area contributed by atoms with Gasteiger partial charge in [0.1, 0.15) is 0 Å². The molecule has 3 rings (SSSR count). The summed E-state index contributed by atoms with van der Waals surface area (Å²) in [5.41, 5.74) is 14.1. The molecule has 0 fully saturated rings. The predicted octanol–water partition coefficient (Wildman–Crippen LogP) is 14.9. The van der Waals surface area contributed by atoms with Crippen molar-refractivity contribution in [2.45, 2.75) is 197 Å². The Balaban J connectivity index is 2.88. The van der Waals surface area contributed by atoms with Crippen LogP contribution in [0.1, 0.15) is 204 Å². The Morgan fingerprint density at radius 3 is 0.898 bits per heavy atom. The SMILES string of the molecule is CC(C)=CCP1=C(c2c(C(C)(C)C)cc(C(C)(C)C)cc2C(C)(C)C)P(C(C)(C)C)C=1c1c(C(C)(C)C)cc(C(C)(C)C)cc1C(C)(C)C. The molecule has 2 aromatic carbocycles. The number of hydrogen-bond donors (Lipinski definition) is 0. The topological polar surface area (TPSA) is 0 Å². The first-order valence-corrected chi connectivity index (χ1v) is 21.8. The molecule has 0 spiro atoms. The Bertz CT molecular complexity index is 1510. The largest absolute Gasteiger partial charge is 0.103 e. The summed E-state index contributed by atoms with van der Waals surface area (Å²) in [4.78, 5) is 0. The van der Waals surface area contributed by atoms with Gasteiger partial charge in [-0.1, -0.05) is 181 Å². The highest BCUT2D eigenvalue weighted by Gasteiger charge is 2.46. The van der Waals surface area contributed by atoms with Gasteiger partial charge in [0.2, 0.25) is 0 Å². The van der Waals surface area contributed by atoms with E-state index in [0.29, 0.717) is 0 Å². The molecule has 2 aromatic rings. The van der Waals surface area contributed by atoms with Gasteiger partial charge < -0.3 is 0 Å². The third-order valence-electron chi connectivity index (χ3n) is 9.98. The van der Waals surface area contributed by atoms with Gasteiger partial charge in [0.15, 0.2) is 0 Å². The third-order valence-corrected chi connectivity index (χ3v) is 17.3. The van der Waals surface area contributed by atoms with Crippen molar-refractivity contribution in [1.29, 1.82) is 0 Å².